The van der Waals surface area contributed by atoms with Crippen molar-refractivity contribution in [3.63, 3.8) is 0 Å². The van der Waals surface area contributed by atoms with Crippen LogP contribution in [0.25, 0.3) is 0 Å². The van der Waals surface area contributed by atoms with E-state index in [2.05, 4.69) is 6.58 Å². The minimum Gasteiger partial charge on any atom is -0.480 e. The predicted molar refractivity (Wildman–Crippen MR) is 59.8 cm³/mol. The van der Waals surface area contributed by atoms with Gasteiger partial charge in [0.15, 0.2) is 5.60 Å². The third kappa shape index (κ3) is 3.28. The maximum Gasteiger partial charge on any atom is 0.338 e. The summed E-state index contributed by atoms with van der Waals surface area (Å²) in [6, 6.07) is 0. The lowest BCUT2D eigenvalue weighted by Gasteiger charge is -2.31. The lowest BCUT2D eigenvalue weighted by Crippen LogP contribution is -2.58. The number of aliphatic carboxylic acids is 2. The summed E-state index contributed by atoms with van der Waals surface area (Å²) in [5.74, 6) is -3.83. The highest BCUT2D eigenvalue weighted by Gasteiger charge is 2.56. The van der Waals surface area contributed by atoms with Crippen molar-refractivity contribution in [2.75, 3.05) is 6.61 Å². The topological polar surface area (TPSA) is 138 Å². The van der Waals surface area contributed by atoms with E-state index in [1.54, 1.807) is 0 Å². The first-order chi connectivity index (χ1) is 8.13. The molecule has 0 aromatic heterocycles. The number of carboxylic acids is 2. The van der Waals surface area contributed by atoms with Gasteiger partial charge in [-0.05, 0) is 6.92 Å². The largest absolute Gasteiger partial charge is 0.480 e. The van der Waals surface area contributed by atoms with Gasteiger partial charge in [-0.25, -0.2) is 4.79 Å². The van der Waals surface area contributed by atoms with E-state index < -0.39 is 39.3 Å². The molecule has 2 atom stereocenters. The van der Waals surface area contributed by atoms with Crippen molar-refractivity contribution in [1.82, 2.24) is 0 Å². The highest BCUT2D eigenvalue weighted by molar-refractivity contribution is 7.87. The summed E-state index contributed by atoms with van der Waals surface area (Å²) in [5, 5.41) is 15.2. The minimum absolute atomic E-state index is 0.251. The fraction of sp³-hybridized carbons (Fsp3) is 0.556. The zero-order chi connectivity index (χ0) is 14.6. The third-order valence-electron chi connectivity index (χ3n) is 2.16. The van der Waals surface area contributed by atoms with Gasteiger partial charge in [-0.1, -0.05) is 6.08 Å². The number of carboxylic acid groups (broad SMARTS) is 2. The Morgan fingerprint density at radius 2 is 1.94 bits per heavy atom. The lowest BCUT2D eigenvalue weighted by molar-refractivity contribution is -0.171. The van der Waals surface area contributed by atoms with Crippen LogP contribution in [0.15, 0.2) is 12.7 Å². The standard InChI is InChI=1S/C9H14O8S/c1-3-5-9(8(12)13,17-4-2)6(7(10)11)18(14,15)16/h3,6H,1,4-5H2,2H3,(H,10,11)(H,12,13)(H,14,15,16). The molecule has 0 fully saturated rings. The predicted octanol–water partition coefficient (Wildman–Crippen LogP) is -0.237. The van der Waals surface area contributed by atoms with Gasteiger partial charge in [0.25, 0.3) is 10.1 Å². The lowest BCUT2D eigenvalue weighted by atomic mass is 9.94. The van der Waals surface area contributed by atoms with E-state index in [4.69, 9.17) is 19.5 Å². The third-order valence-corrected chi connectivity index (χ3v) is 3.34. The second kappa shape index (κ2) is 5.94. The molecule has 0 rings (SSSR count). The average Bonchev–Trinajstić information content (AvgIpc) is 2.14. The molecule has 0 amide bonds. The molecule has 0 aliphatic rings. The van der Waals surface area contributed by atoms with Crippen LogP contribution in [0.2, 0.25) is 0 Å². The Bertz CT molecular complexity index is 439. The summed E-state index contributed by atoms with van der Waals surface area (Å²) in [6.45, 7) is 4.34. The van der Waals surface area contributed by atoms with Gasteiger partial charge >= 0.3 is 11.9 Å². The first-order valence-electron chi connectivity index (χ1n) is 4.80. The normalized spacial score (nSPS) is 16.6. The number of carbonyl (C=O) groups is 2. The van der Waals surface area contributed by atoms with Crippen LogP contribution in [-0.4, -0.2) is 52.6 Å². The van der Waals surface area contributed by atoms with Gasteiger partial charge in [0.1, 0.15) is 0 Å². The van der Waals surface area contributed by atoms with Crippen molar-refractivity contribution >= 4 is 22.1 Å². The van der Waals surface area contributed by atoms with Crippen LogP contribution in [0.5, 0.6) is 0 Å². The molecule has 0 heterocycles. The molecule has 0 aromatic carbocycles. The first-order valence-corrected chi connectivity index (χ1v) is 6.31. The number of hydrogen-bond acceptors (Lipinski definition) is 5. The molecule has 0 radical (unpaired) electrons. The maximum atomic E-state index is 11.2. The van der Waals surface area contributed by atoms with Gasteiger partial charge in [0, 0.05) is 13.0 Å². The van der Waals surface area contributed by atoms with Gasteiger partial charge < -0.3 is 14.9 Å². The Morgan fingerprint density at radius 1 is 1.44 bits per heavy atom. The van der Waals surface area contributed by atoms with Gasteiger partial charge in [-0.15, -0.1) is 6.58 Å². The van der Waals surface area contributed by atoms with Gasteiger partial charge in [-0.3, -0.25) is 9.35 Å². The van der Waals surface area contributed by atoms with E-state index in [0.717, 1.165) is 6.08 Å². The summed E-state index contributed by atoms with van der Waals surface area (Å²) >= 11 is 0. The van der Waals surface area contributed by atoms with Crippen molar-refractivity contribution in [3.8, 4) is 0 Å². The summed E-state index contributed by atoms with van der Waals surface area (Å²) < 4.78 is 35.8. The van der Waals surface area contributed by atoms with Crippen LogP contribution in [0.3, 0.4) is 0 Å². The Morgan fingerprint density at radius 3 is 2.17 bits per heavy atom. The fourth-order valence-electron chi connectivity index (χ4n) is 1.54. The maximum absolute atomic E-state index is 11.2. The Labute approximate surface area is 104 Å². The second-order valence-corrected chi connectivity index (χ2v) is 4.86. The Hall–Kier alpha value is -1.45. The number of rotatable bonds is 8. The molecule has 0 aromatic rings. The van der Waals surface area contributed by atoms with Crippen molar-refractivity contribution in [2.24, 2.45) is 0 Å². The molecule has 0 aliphatic carbocycles. The summed E-state index contributed by atoms with van der Waals surface area (Å²) in [5.41, 5.74) is -2.62. The van der Waals surface area contributed by atoms with Crippen LogP contribution in [0, 0.1) is 0 Å². The molecule has 0 aliphatic heterocycles. The molecule has 0 bridgehead atoms. The molecular formula is C9H14O8S. The molecule has 0 saturated heterocycles. The zero-order valence-electron chi connectivity index (χ0n) is 9.57. The molecule has 2 unspecified atom stereocenters. The number of hydrogen-bond donors (Lipinski definition) is 3. The fourth-order valence-corrected chi connectivity index (χ4v) is 2.54. The SMILES string of the molecule is C=CCC(OCC)(C(=O)O)C(C(=O)O)S(=O)(=O)O. The van der Waals surface area contributed by atoms with Crippen LogP contribution in [-0.2, 0) is 24.4 Å². The monoisotopic (exact) mass is 282 g/mol. The van der Waals surface area contributed by atoms with E-state index in [1.165, 1.54) is 6.92 Å². The average molecular weight is 282 g/mol. The Kier molecular flexibility index (Phi) is 5.46. The van der Waals surface area contributed by atoms with E-state index in [-0.39, 0.29) is 6.61 Å². The molecule has 8 nitrogen and oxygen atoms in total. The molecule has 18 heavy (non-hydrogen) atoms. The van der Waals surface area contributed by atoms with Crippen LogP contribution in [0.4, 0.5) is 0 Å². The molecular weight excluding hydrogens is 268 g/mol. The quantitative estimate of drug-likeness (QED) is 0.409. The van der Waals surface area contributed by atoms with E-state index >= 15 is 0 Å². The van der Waals surface area contributed by atoms with Gasteiger partial charge in [-0.2, -0.15) is 8.42 Å². The van der Waals surface area contributed by atoms with E-state index in [0.29, 0.717) is 0 Å². The van der Waals surface area contributed by atoms with Gasteiger partial charge in [0.2, 0.25) is 5.25 Å². The van der Waals surface area contributed by atoms with Crippen LogP contribution >= 0.6 is 0 Å². The van der Waals surface area contributed by atoms with Crippen LogP contribution < -0.4 is 0 Å². The van der Waals surface area contributed by atoms with E-state index in [1.807, 2.05) is 0 Å². The molecule has 0 saturated carbocycles. The first kappa shape index (κ1) is 16.6. The van der Waals surface area contributed by atoms with Gasteiger partial charge in [0.05, 0.1) is 0 Å². The Balaban J connectivity index is 6.00. The molecule has 0 spiro atoms. The second-order valence-electron chi connectivity index (χ2n) is 3.35. The number of ether oxygens (including phenoxy) is 1. The zero-order valence-corrected chi connectivity index (χ0v) is 10.4. The van der Waals surface area contributed by atoms with E-state index in [9.17, 15) is 18.0 Å². The molecule has 104 valence electrons. The minimum atomic E-state index is -5.16. The van der Waals surface area contributed by atoms with Crippen molar-refractivity contribution < 1.29 is 37.5 Å². The van der Waals surface area contributed by atoms with Crippen molar-refractivity contribution in [2.45, 2.75) is 24.2 Å². The molecule has 3 N–H and O–H groups in total. The van der Waals surface area contributed by atoms with Crippen LogP contribution in [0.1, 0.15) is 13.3 Å². The summed E-state index contributed by atoms with van der Waals surface area (Å²) in [4.78, 5) is 22.1. The molecule has 9 heteroatoms. The highest BCUT2D eigenvalue weighted by Crippen LogP contribution is 2.27. The summed E-state index contributed by atoms with van der Waals surface area (Å²) in [6.07, 6.45) is 0.415. The van der Waals surface area contributed by atoms with Crippen molar-refractivity contribution in [1.29, 1.82) is 0 Å². The highest BCUT2D eigenvalue weighted by atomic mass is 32.2. The summed E-state index contributed by atoms with van der Waals surface area (Å²) in [7, 11) is -5.16. The smallest absolute Gasteiger partial charge is 0.338 e. The van der Waals surface area contributed by atoms with Crippen molar-refractivity contribution in [3.05, 3.63) is 12.7 Å².